The van der Waals surface area contributed by atoms with Crippen LogP contribution in [-0.2, 0) is 17.6 Å². The first-order valence-corrected chi connectivity index (χ1v) is 12.4. The third-order valence-corrected chi connectivity index (χ3v) is 7.30. The van der Waals surface area contributed by atoms with Crippen LogP contribution in [0.2, 0.25) is 0 Å². The number of hydrogen-bond acceptors (Lipinski definition) is 5. The van der Waals surface area contributed by atoms with Gasteiger partial charge in [-0.3, -0.25) is 9.78 Å². The average molecular weight is 478 g/mol. The van der Waals surface area contributed by atoms with E-state index in [1.54, 1.807) is 6.20 Å². The van der Waals surface area contributed by atoms with E-state index in [-0.39, 0.29) is 30.3 Å². The Bertz CT molecular complexity index is 1230. The summed E-state index contributed by atoms with van der Waals surface area (Å²) < 4.78 is 0. The van der Waals surface area contributed by atoms with E-state index in [0.717, 1.165) is 68.3 Å². The predicted molar refractivity (Wildman–Crippen MR) is 140 cm³/mol. The highest BCUT2D eigenvalue weighted by Crippen LogP contribution is 2.39. The summed E-state index contributed by atoms with van der Waals surface area (Å²) in [6, 6.07) is 10.8. The Morgan fingerprint density at radius 1 is 1.03 bits per heavy atom. The third-order valence-electron chi connectivity index (χ3n) is 7.30. The fourth-order valence-corrected chi connectivity index (χ4v) is 5.41. The van der Waals surface area contributed by atoms with E-state index >= 15 is 0 Å². The summed E-state index contributed by atoms with van der Waals surface area (Å²) >= 11 is 0. The zero-order valence-corrected chi connectivity index (χ0v) is 20.2. The van der Waals surface area contributed by atoms with Crippen molar-refractivity contribution in [3.05, 3.63) is 47.8 Å². The Morgan fingerprint density at radius 2 is 1.85 bits per heavy atom. The lowest BCUT2D eigenvalue weighted by atomic mass is 9.90. The zero-order valence-electron chi connectivity index (χ0n) is 19.4. The van der Waals surface area contributed by atoms with Crippen molar-refractivity contribution < 1.29 is 4.79 Å². The number of benzene rings is 1. The van der Waals surface area contributed by atoms with Crippen LogP contribution in [0, 0.1) is 5.92 Å². The third kappa shape index (κ3) is 4.49. The minimum atomic E-state index is 0. The molecular formula is C27H32ClN5O. The molecule has 1 saturated heterocycles. The first-order valence-electron chi connectivity index (χ1n) is 12.4. The topological polar surface area (TPSA) is 84.1 Å². The van der Waals surface area contributed by atoms with Gasteiger partial charge < -0.3 is 16.0 Å². The first-order chi connectivity index (χ1) is 16.2. The van der Waals surface area contributed by atoms with Gasteiger partial charge in [0.15, 0.2) is 0 Å². The van der Waals surface area contributed by atoms with Crippen LogP contribution in [0.1, 0.15) is 49.8 Å². The highest BCUT2D eigenvalue weighted by atomic mass is 35.5. The van der Waals surface area contributed by atoms with Gasteiger partial charge in [0.25, 0.3) is 0 Å². The lowest BCUT2D eigenvalue weighted by Gasteiger charge is -2.36. The Morgan fingerprint density at radius 3 is 2.68 bits per heavy atom. The molecule has 6 nitrogen and oxygen atoms in total. The van der Waals surface area contributed by atoms with Crippen LogP contribution in [-0.4, -0.2) is 35.0 Å². The molecule has 2 aliphatic carbocycles. The van der Waals surface area contributed by atoms with E-state index in [1.165, 1.54) is 35.2 Å². The van der Waals surface area contributed by atoms with Gasteiger partial charge in [0.05, 0.1) is 11.2 Å². The number of nitrogens with two attached hydrogens (primary N) is 1. The molecular weight excluding hydrogens is 446 g/mol. The molecule has 3 aliphatic rings. The number of aromatic nitrogens is 2. The Hall–Kier alpha value is -2.70. The Labute approximate surface area is 206 Å². The number of anilines is 2. The van der Waals surface area contributed by atoms with Crippen molar-refractivity contribution in [1.29, 1.82) is 0 Å². The maximum Gasteiger partial charge on any atom is 0.228 e. The van der Waals surface area contributed by atoms with Crippen molar-refractivity contribution in [2.24, 2.45) is 11.7 Å². The highest BCUT2D eigenvalue weighted by Gasteiger charge is 2.30. The van der Waals surface area contributed by atoms with Crippen molar-refractivity contribution in [2.75, 3.05) is 23.3 Å². The number of nitrogens with one attached hydrogen (secondary N) is 1. The Kier molecular flexibility index (Phi) is 6.45. The molecule has 2 fully saturated rings. The summed E-state index contributed by atoms with van der Waals surface area (Å²) in [5, 5.41) is 4.19. The highest BCUT2D eigenvalue weighted by molar-refractivity contribution is 5.98. The van der Waals surface area contributed by atoms with Crippen LogP contribution < -0.4 is 16.0 Å². The quantitative estimate of drug-likeness (QED) is 0.559. The van der Waals surface area contributed by atoms with E-state index in [9.17, 15) is 4.79 Å². The molecule has 178 valence electrons. The molecule has 6 rings (SSSR count). The van der Waals surface area contributed by atoms with Crippen molar-refractivity contribution in [2.45, 2.75) is 57.4 Å². The molecule has 1 aromatic carbocycles. The van der Waals surface area contributed by atoms with E-state index in [1.807, 2.05) is 12.1 Å². The van der Waals surface area contributed by atoms with Crippen molar-refractivity contribution in [1.82, 2.24) is 9.97 Å². The zero-order chi connectivity index (χ0) is 22.4. The predicted octanol–water partition coefficient (Wildman–Crippen LogP) is 4.87. The minimum Gasteiger partial charge on any atom is -0.369 e. The first kappa shape index (κ1) is 23.1. The molecule has 0 unspecified atom stereocenters. The summed E-state index contributed by atoms with van der Waals surface area (Å²) in [7, 11) is 0. The molecule has 1 aliphatic heterocycles. The van der Waals surface area contributed by atoms with Crippen LogP contribution in [0.3, 0.4) is 0 Å². The SMILES string of the molecule is Cl.N[C@H]1CCCN(c2c3c(nc4ccc(-c5ccnc(NC(=O)C6CC6)c5)cc24)CCCC3)C1. The number of aryl methyl sites for hydroxylation is 1. The molecule has 0 spiro atoms. The van der Waals surface area contributed by atoms with Gasteiger partial charge in [0.2, 0.25) is 5.91 Å². The molecule has 1 atom stereocenters. The number of carbonyl (C=O) groups excluding carboxylic acids is 1. The summed E-state index contributed by atoms with van der Waals surface area (Å²) in [6.07, 6.45) is 10.6. The van der Waals surface area contributed by atoms with Gasteiger partial charge in [-0.05, 0) is 92.3 Å². The van der Waals surface area contributed by atoms with Crippen LogP contribution in [0.4, 0.5) is 11.5 Å². The van der Waals surface area contributed by atoms with Gasteiger partial charge in [-0.25, -0.2) is 4.98 Å². The second kappa shape index (κ2) is 9.51. The normalized spacial score (nSPS) is 19.9. The Balaban J connectivity index is 0.00000241. The molecule has 0 bridgehead atoms. The van der Waals surface area contributed by atoms with Crippen LogP contribution in [0.25, 0.3) is 22.0 Å². The van der Waals surface area contributed by atoms with Gasteiger partial charge in [-0.1, -0.05) is 6.07 Å². The number of hydrogen-bond donors (Lipinski definition) is 2. The lowest BCUT2D eigenvalue weighted by Crippen LogP contribution is -2.43. The van der Waals surface area contributed by atoms with E-state index in [0.29, 0.717) is 5.82 Å². The largest absolute Gasteiger partial charge is 0.369 e. The average Bonchev–Trinajstić information content (AvgIpc) is 3.68. The second-order valence-electron chi connectivity index (χ2n) is 9.87. The molecule has 3 aromatic rings. The summed E-state index contributed by atoms with van der Waals surface area (Å²) in [4.78, 5) is 24.2. The molecule has 2 aromatic heterocycles. The van der Waals surface area contributed by atoms with Gasteiger partial charge in [-0.2, -0.15) is 0 Å². The maximum absolute atomic E-state index is 12.2. The lowest BCUT2D eigenvalue weighted by molar-refractivity contribution is -0.117. The summed E-state index contributed by atoms with van der Waals surface area (Å²) in [6.45, 7) is 1.96. The smallest absolute Gasteiger partial charge is 0.228 e. The fourth-order valence-electron chi connectivity index (χ4n) is 5.41. The maximum atomic E-state index is 12.2. The number of nitrogens with zero attached hydrogens (tertiary/aromatic N) is 3. The number of carbonyl (C=O) groups is 1. The second-order valence-corrected chi connectivity index (χ2v) is 9.87. The number of pyridine rings is 2. The van der Waals surface area contributed by atoms with Gasteiger partial charge in [0.1, 0.15) is 5.82 Å². The fraction of sp³-hybridized carbons (Fsp3) is 0.444. The van der Waals surface area contributed by atoms with Gasteiger partial charge in [0, 0.05) is 42.3 Å². The number of rotatable bonds is 4. The molecule has 3 N–H and O–H groups in total. The number of fused-ring (bicyclic) bond motifs is 2. The summed E-state index contributed by atoms with van der Waals surface area (Å²) in [5.74, 6) is 0.861. The van der Waals surface area contributed by atoms with Crippen molar-refractivity contribution in [3.63, 3.8) is 0 Å². The molecule has 1 amide bonds. The van der Waals surface area contributed by atoms with Crippen LogP contribution >= 0.6 is 12.4 Å². The molecule has 1 saturated carbocycles. The van der Waals surface area contributed by atoms with Crippen LogP contribution in [0.15, 0.2) is 36.5 Å². The van der Waals surface area contributed by atoms with Crippen LogP contribution in [0.5, 0.6) is 0 Å². The molecule has 0 radical (unpaired) electrons. The minimum absolute atomic E-state index is 0. The molecule has 34 heavy (non-hydrogen) atoms. The van der Waals surface area contributed by atoms with E-state index < -0.39 is 0 Å². The number of piperidine rings is 1. The number of halogens is 1. The van der Waals surface area contributed by atoms with E-state index in [2.05, 4.69) is 33.4 Å². The number of amides is 1. The molecule has 7 heteroatoms. The van der Waals surface area contributed by atoms with Crippen molar-refractivity contribution in [3.8, 4) is 11.1 Å². The van der Waals surface area contributed by atoms with Crippen molar-refractivity contribution >= 4 is 40.7 Å². The van der Waals surface area contributed by atoms with E-state index in [4.69, 9.17) is 10.7 Å². The monoisotopic (exact) mass is 477 g/mol. The standard InChI is InChI=1S/C27H31N5O.ClH/c28-20-4-3-13-32(16-20)26-21-5-1-2-6-23(21)30-24-10-9-18(14-22(24)26)19-11-12-29-25(15-19)31-27(33)17-7-8-17;/h9-12,14-15,17,20H,1-8,13,16,28H2,(H,29,31,33);1H/t20-;/m0./s1. The van der Waals surface area contributed by atoms with Gasteiger partial charge >= 0.3 is 0 Å². The summed E-state index contributed by atoms with van der Waals surface area (Å²) in [5.41, 5.74) is 13.7. The van der Waals surface area contributed by atoms with Gasteiger partial charge in [-0.15, -0.1) is 12.4 Å². The molecule has 3 heterocycles.